The molecule has 33 heavy (non-hydrogen) atoms. The monoisotopic (exact) mass is 464 g/mol. The predicted octanol–water partition coefficient (Wildman–Crippen LogP) is 4.99. The molecule has 5 rings (SSSR count). The maximum absolute atomic E-state index is 13.6. The number of nitrogens with one attached hydrogen (secondary N) is 1. The Bertz CT molecular complexity index is 1130. The van der Waals surface area contributed by atoms with Gasteiger partial charge in [0.15, 0.2) is 23.1 Å². The Morgan fingerprint density at radius 3 is 2.48 bits per heavy atom. The Labute approximate surface area is 197 Å². The molecule has 2 aromatic carbocycles. The number of fused-ring (bicyclic) bond motifs is 1. The standard InChI is InChI=1S/C25H28N4O3S/c1-31-19-14-13-18(15-20(19)32-2)21-23(22(30)16-9-5-3-6-10-16)33-25-27-26-24(29(25)28-21)17-11-7-4-8-12-17/h3,5-6,9-10,13-15,17,21,23,28H,4,7-8,11-12H2,1-2H3/t21-,23+/m1/s1. The van der Waals surface area contributed by atoms with E-state index in [1.54, 1.807) is 14.2 Å². The highest BCUT2D eigenvalue weighted by Crippen LogP contribution is 2.42. The third-order valence-corrected chi connectivity index (χ3v) is 7.73. The molecule has 0 radical (unpaired) electrons. The Morgan fingerprint density at radius 1 is 1.00 bits per heavy atom. The van der Waals surface area contributed by atoms with Gasteiger partial charge in [-0.2, -0.15) is 0 Å². The summed E-state index contributed by atoms with van der Waals surface area (Å²) in [4.78, 5) is 13.6. The number of carbonyl (C=O) groups is 1. The average molecular weight is 465 g/mol. The maximum Gasteiger partial charge on any atom is 0.210 e. The number of ketones is 1. The predicted molar refractivity (Wildman–Crippen MR) is 128 cm³/mol. The van der Waals surface area contributed by atoms with Crippen LogP contribution in [0.15, 0.2) is 53.7 Å². The number of benzene rings is 2. The second kappa shape index (κ2) is 9.47. The summed E-state index contributed by atoms with van der Waals surface area (Å²) < 4.78 is 13.0. The van der Waals surface area contributed by atoms with E-state index in [1.807, 2.05) is 53.2 Å². The second-order valence-corrected chi connectivity index (χ2v) is 9.61. The van der Waals surface area contributed by atoms with Crippen LogP contribution in [0.4, 0.5) is 0 Å². The molecule has 0 unspecified atom stereocenters. The topological polar surface area (TPSA) is 78.3 Å². The smallest absolute Gasteiger partial charge is 0.210 e. The van der Waals surface area contributed by atoms with Gasteiger partial charge >= 0.3 is 0 Å². The van der Waals surface area contributed by atoms with Crippen LogP contribution in [0, 0.1) is 0 Å². The Hall–Kier alpha value is -3.00. The molecule has 1 N–H and O–H groups in total. The van der Waals surface area contributed by atoms with Gasteiger partial charge < -0.3 is 14.9 Å². The van der Waals surface area contributed by atoms with E-state index >= 15 is 0 Å². The molecule has 3 aromatic rings. The molecule has 0 bridgehead atoms. The van der Waals surface area contributed by atoms with Gasteiger partial charge in [0.1, 0.15) is 5.25 Å². The first kappa shape index (κ1) is 21.8. The lowest BCUT2D eigenvalue weighted by molar-refractivity contribution is 0.0980. The van der Waals surface area contributed by atoms with Gasteiger partial charge in [0.2, 0.25) is 5.16 Å². The number of methoxy groups -OCH3 is 2. The highest BCUT2D eigenvalue weighted by molar-refractivity contribution is 8.00. The van der Waals surface area contributed by atoms with Crippen molar-refractivity contribution in [3.63, 3.8) is 0 Å². The number of carbonyl (C=O) groups excluding carboxylic acids is 1. The van der Waals surface area contributed by atoms with Crippen molar-refractivity contribution in [3.8, 4) is 11.5 Å². The molecule has 1 aliphatic carbocycles. The number of ether oxygens (including phenoxy) is 2. The molecule has 0 amide bonds. The molecule has 1 aromatic heterocycles. The Morgan fingerprint density at radius 2 is 1.76 bits per heavy atom. The van der Waals surface area contributed by atoms with Crippen LogP contribution in [0.1, 0.15) is 65.8 Å². The van der Waals surface area contributed by atoms with Gasteiger partial charge in [-0.15, -0.1) is 10.2 Å². The molecular weight excluding hydrogens is 436 g/mol. The van der Waals surface area contributed by atoms with Gasteiger partial charge in [-0.25, -0.2) is 4.68 Å². The van der Waals surface area contributed by atoms with E-state index in [1.165, 1.54) is 31.0 Å². The largest absolute Gasteiger partial charge is 0.493 e. The lowest BCUT2D eigenvalue weighted by Crippen LogP contribution is -2.39. The summed E-state index contributed by atoms with van der Waals surface area (Å²) in [6, 6.07) is 15.0. The summed E-state index contributed by atoms with van der Waals surface area (Å²) in [7, 11) is 3.24. The summed E-state index contributed by atoms with van der Waals surface area (Å²) in [5.74, 6) is 2.70. The van der Waals surface area contributed by atoms with Crippen LogP contribution < -0.4 is 14.9 Å². The highest BCUT2D eigenvalue weighted by Gasteiger charge is 2.39. The molecular formula is C25H28N4O3S. The van der Waals surface area contributed by atoms with E-state index in [9.17, 15) is 4.79 Å². The van der Waals surface area contributed by atoms with Crippen molar-refractivity contribution in [1.29, 1.82) is 0 Å². The zero-order chi connectivity index (χ0) is 22.8. The van der Waals surface area contributed by atoms with Gasteiger partial charge in [0, 0.05) is 11.5 Å². The molecule has 2 heterocycles. The van der Waals surface area contributed by atoms with Gasteiger partial charge in [0.25, 0.3) is 0 Å². The molecule has 1 saturated carbocycles. The number of hydrogen-bond donors (Lipinski definition) is 1. The first-order valence-electron chi connectivity index (χ1n) is 11.4. The summed E-state index contributed by atoms with van der Waals surface area (Å²) in [6.45, 7) is 0. The van der Waals surface area contributed by atoms with Gasteiger partial charge in [-0.1, -0.05) is 67.4 Å². The van der Waals surface area contributed by atoms with Crippen molar-refractivity contribution < 1.29 is 14.3 Å². The van der Waals surface area contributed by atoms with Crippen LogP contribution in [0.3, 0.4) is 0 Å². The number of hydrogen-bond acceptors (Lipinski definition) is 7. The van der Waals surface area contributed by atoms with Crippen LogP contribution in [0.25, 0.3) is 0 Å². The van der Waals surface area contributed by atoms with Gasteiger partial charge in [0.05, 0.1) is 20.3 Å². The lowest BCUT2D eigenvalue weighted by Gasteiger charge is -2.34. The van der Waals surface area contributed by atoms with Gasteiger partial charge in [-0.3, -0.25) is 4.79 Å². The highest BCUT2D eigenvalue weighted by atomic mass is 32.2. The molecule has 8 heteroatoms. The zero-order valence-corrected chi connectivity index (χ0v) is 19.7. The number of aromatic nitrogens is 3. The van der Waals surface area contributed by atoms with E-state index in [0.717, 1.165) is 29.4 Å². The molecule has 0 saturated heterocycles. The number of nitrogens with zero attached hydrogens (tertiary/aromatic N) is 3. The molecule has 172 valence electrons. The Kier molecular flexibility index (Phi) is 6.26. The SMILES string of the molecule is COc1ccc([C@H]2Nn3c(nnc3C3CCCCC3)S[C@@H]2C(=O)c2ccccc2)cc1OC. The summed E-state index contributed by atoms with van der Waals surface area (Å²) >= 11 is 1.48. The quantitative estimate of drug-likeness (QED) is 0.515. The van der Waals surface area contributed by atoms with Crippen LogP contribution in [0.2, 0.25) is 0 Å². The first-order valence-corrected chi connectivity index (χ1v) is 12.3. The third-order valence-electron chi connectivity index (χ3n) is 6.52. The molecule has 7 nitrogen and oxygen atoms in total. The summed E-state index contributed by atoms with van der Waals surface area (Å²) in [5, 5.41) is 9.35. The Balaban J connectivity index is 1.55. The zero-order valence-electron chi connectivity index (χ0n) is 18.9. The molecule has 2 aliphatic rings. The normalized spacial score (nSPS) is 20.5. The fourth-order valence-corrected chi connectivity index (χ4v) is 5.92. The molecule has 1 aliphatic heterocycles. The lowest BCUT2D eigenvalue weighted by atomic mass is 9.89. The fraction of sp³-hybridized carbons (Fsp3) is 0.400. The minimum atomic E-state index is -0.401. The maximum atomic E-state index is 13.6. The minimum Gasteiger partial charge on any atom is -0.493 e. The number of rotatable bonds is 6. The number of Topliss-reactive ketones (excluding diaryl/α,β-unsaturated/α-hetero) is 1. The van der Waals surface area contributed by atoms with E-state index in [0.29, 0.717) is 23.0 Å². The van der Waals surface area contributed by atoms with E-state index in [4.69, 9.17) is 9.47 Å². The van der Waals surface area contributed by atoms with Crippen molar-refractivity contribution in [2.75, 3.05) is 19.6 Å². The van der Waals surface area contributed by atoms with Gasteiger partial charge in [-0.05, 0) is 30.5 Å². The van der Waals surface area contributed by atoms with Crippen molar-refractivity contribution in [2.24, 2.45) is 0 Å². The number of thioether (sulfide) groups is 1. The van der Waals surface area contributed by atoms with Crippen LogP contribution in [-0.2, 0) is 0 Å². The summed E-state index contributed by atoms with van der Waals surface area (Å²) in [5.41, 5.74) is 5.23. The van der Waals surface area contributed by atoms with Crippen molar-refractivity contribution in [2.45, 2.75) is 54.5 Å². The van der Waals surface area contributed by atoms with Crippen LogP contribution >= 0.6 is 11.8 Å². The minimum absolute atomic E-state index is 0.0568. The van der Waals surface area contributed by atoms with Crippen molar-refractivity contribution >= 4 is 17.5 Å². The molecule has 2 atom stereocenters. The van der Waals surface area contributed by atoms with E-state index < -0.39 is 5.25 Å². The van der Waals surface area contributed by atoms with Crippen molar-refractivity contribution in [1.82, 2.24) is 14.9 Å². The van der Waals surface area contributed by atoms with E-state index in [2.05, 4.69) is 15.6 Å². The third kappa shape index (κ3) is 4.19. The van der Waals surface area contributed by atoms with Crippen LogP contribution in [0.5, 0.6) is 11.5 Å². The molecule has 1 fully saturated rings. The van der Waals surface area contributed by atoms with E-state index in [-0.39, 0.29) is 11.8 Å². The van der Waals surface area contributed by atoms with Crippen LogP contribution in [-0.4, -0.2) is 40.1 Å². The average Bonchev–Trinajstić information content (AvgIpc) is 3.31. The molecule has 0 spiro atoms. The first-order chi connectivity index (χ1) is 16.2. The second-order valence-electron chi connectivity index (χ2n) is 8.50. The summed E-state index contributed by atoms with van der Waals surface area (Å²) in [6.07, 6.45) is 5.96. The fourth-order valence-electron chi connectivity index (χ4n) is 4.76. The van der Waals surface area contributed by atoms with Crippen molar-refractivity contribution in [3.05, 3.63) is 65.5 Å².